The number of nitrogens with zero attached hydrogens (tertiary/aromatic N) is 3. The summed E-state index contributed by atoms with van der Waals surface area (Å²) < 4.78 is 0. The summed E-state index contributed by atoms with van der Waals surface area (Å²) in [6.45, 7) is 1.59. The largest absolute Gasteiger partial charge is 0.391 e. The molecule has 0 spiro atoms. The molecule has 0 bridgehead atoms. The number of nitrogens with one attached hydrogen (secondary N) is 1. The lowest BCUT2D eigenvalue weighted by Gasteiger charge is -2.35. The molecule has 4 atom stereocenters. The van der Waals surface area contributed by atoms with E-state index < -0.39 is 6.10 Å². The third-order valence-corrected chi connectivity index (χ3v) is 6.09. The van der Waals surface area contributed by atoms with Crippen LogP contribution in [0.1, 0.15) is 31.2 Å². The summed E-state index contributed by atoms with van der Waals surface area (Å²) in [5, 5.41) is 13.9. The predicted octanol–water partition coefficient (Wildman–Crippen LogP) is 2.51. The SMILES string of the molecule is O=C(CCCc1ccccc1)N1C[C@H]2C[C@@H](Nc3cnccn3)[C@H](O)C[C@H]2C1. The molecule has 1 amide bonds. The number of benzene rings is 1. The van der Waals surface area contributed by atoms with Gasteiger partial charge in [0.25, 0.3) is 0 Å². The van der Waals surface area contributed by atoms with Crippen molar-refractivity contribution < 1.29 is 9.90 Å². The normalized spacial score (nSPS) is 26.7. The van der Waals surface area contributed by atoms with E-state index in [0.717, 1.165) is 38.8 Å². The number of rotatable bonds is 6. The van der Waals surface area contributed by atoms with E-state index in [1.54, 1.807) is 18.6 Å². The van der Waals surface area contributed by atoms with E-state index in [1.165, 1.54) is 5.56 Å². The summed E-state index contributed by atoms with van der Waals surface area (Å²) in [4.78, 5) is 23.0. The first-order valence-corrected chi connectivity index (χ1v) is 10.2. The maximum absolute atomic E-state index is 12.7. The summed E-state index contributed by atoms with van der Waals surface area (Å²) in [5.41, 5.74) is 1.28. The smallest absolute Gasteiger partial charge is 0.222 e. The molecule has 2 heterocycles. The molecule has 148 valence electrons. The van der Waals surface area contributed by atoms with Gasteiger partial charge in [-0.1, -0.05) is 30.3 Å². The molecule has 1 aromatic carbocycles. The average molecular weight is 380 g/mol. The molecule has 0 radical (unpaired) electrons. The van der Waals surface area contributed by atoms with Crippen molar-refractivity contribution in [2.24, 2.45) is 11.8 Å². The first-order chi connectivity index (χ1) is 13.7. The second-order valence-electron chi connectivity index (χ2n) is 8.04. The van der Waals surface area contributed by atoms with Crippen LogP contribution < -0.4 is 5.32 Å². The molecule has 1 aliphatic heterocycles. The Labute approximate surface area is 166 Å². The fraction of sp³-hybridized carbons (Fsp3) is 0.500. The van der Waals surface area contributed by atoms with Crippen LogP contribution in [0.3, 0.4) is 0 Å². The van der Waals surface area contributed by atoms with Crippen LogP contribution >= 0.6 is 0 Å². The van der Waals surface area contributed by atoms with Crippen LogP contribution in [0.15, 0.2) is 48.9 Å². The lowest BCUT2D eigenvalue weighted by atomic mass is 9.77. The Balaban J connectivity index is 1.27. The fourth-order valence-electron chi connectivity index (χ4n) is 4.60. The van der Waals surface area contributed by atoms with Crippen LogP contribution in [-0.2, 0) is 11.2 Å². The molecule has 1 aliphatic carbocycles. The molecule has 1 aromatic heterocycles. The van der Waals surface area contributed by atoms with Crippen molar-refractivity contribution in [3.05, 3.63) is 54.5 Å². The number of carbonyl (C=O) groups excluding carboxylic acids is 1. The van der Waals surface area contributed by atoms with Crippen LogP contribution in [-0.4, -0.2) is 51.1 Å². The van der Waals surface area contributed by atoms with Gasteiger partial charge in [0.05, 0.1) is 18.3 Å². The fourth-order valence-corrected chi connectivity index (χ4v) is 4.60. The van der Waals surface area contributed by atoms with E-state index in [-0.39, 0.29) is 11.9 Å². The van der Waals surface area contributed by atoms with Gasteiger partial charge in [-0.3, -0.25) is 9.78 Å². The number of hydrogen-bond acceptors (Lipinski definition) is 5. The number of hydrogen-bond donors (Lipinski definition) is 2. The first-order valence-electron chi connectivity index (χ1n) is 10.2. The molecule has 28 heavy (non-hydrogen) atoms. The third-order valence-electron chi connectivity index (χ3n) is 6.09. The summed E-state index contributed by atoms with van der Waals surface area (Å²) in [7, 11) is 0. The van der Waals surface area contributed by atoms with E-state index in [9.17, 15) is 9.90 Å². The number of carbonyl (C=O) groups is 1. The van der Waals surface area contributed by atoms with E-state index in [2.05, 4.69) is 27.4 Å². The quantitative estimate of drug-likeness (QED) is 0.805. The van der Waals surface area contributed by atoms with Crippen molar-refractivity contribution in [2.45, 2.75) is 44.2 Å². The summed E-state index contributed by atoms with van der Waals surface area (Å²) in [5.74, 6) is 1.78. The molecule has 6 heteroatoms. The number of fused-ring (bicyclic) bond motifs is 1. The molecule has 2 aromatic rings. The van der Waals surface area contributed by atoms with Gasteiger partial charge in [0.2, 0.25) is 5.91 Å². The van der Waals surface area contributed by atoms with Crippen molar-refractivity contribution in [2.75, 3.05) is 18.4 Å². The monoisotopic (exact) mass is 380 g/mol. The van der Waals surface area contributed by atoms with Crippen molar-refractivity contribution in [1.29, 1.82) is 0 Å². The second-order valence-corrected chi connectivity index (χ2v) is 8.04. The minimum Gasteiger partial charge on any atom is -0.391 e. The van der Waals surface area contributed by atoms with Gasteiger partial charge < -0.3 is 15.3 Å². The van der Waals surface area contributed by atoms with Gasteiger partial charge in [0.15, 0.2) is 0 Å². The predicted molar refractivity (Wildman–Crippen MR) is 108 cm³/mol. The Kier molecular flexibility index (Phi) is 5.86. The highest BCUT2D eigenvalue weighted by molar-refractivity contribution is 5.76. The van der Waals surface area contributed by atoms with Crippen LogP contribution in [0.5, 0.6) is 0 Å². The standard InChI is InChI=1S/C22H28N4O2/c27-20-12-18-15-26(22(28)8-4-7-16-5-2-1-3-6-16)14-17(18)11-19(20)25-21-13-23-9-10-24-21/h1-3,5-6,9-10,13,17-20,27H,4,7-8,11-12,14-15H2,(H,24,25)/t17-,18+,19-,20-/m1/s1. The zero-order valence-corrected chi connectivity index (χ0v) is 16.1. The number of amides is 1. The Morgan fingerprint density at radius 1 is 1.14 bits per heavy atom. The van der Waals surface area contributed by atoms with Crippen molar-refractivity contribution in [1.82, 2.24) is 14.9 Å². The Hall–Kier alpha value is -2.47. The third kappa shape index (κ3) is 4.50. The molecule has 0 unspecified atom stereocenters. The number of aryl methyl sites for hydroxylation is 1. The minimum atomic E-state index is -0.420. The highest BCUT2D eigenvalue weighted by Gasteiger charge is 2.42. The van der Waals surface area contributed by atoms with Crippen LogP contribution in [0.4, 0.5) is 5.82 Å². The maximum Gasteiger partial charge on any atom is 0.222 e. The lowest BCUT2D eigenvalue weighted by Crippen LogP contribution is -2.43. The van der Waals surface area contributed by atoms with Gasteiger partial charge in [0, 0.05) is 31.9 Å². The highest BCUT2D eigenvalue weighted by atomic mass is 16.3. The van der Waals surface area contributed by atoms with Gasteiger partial charge in [-0.25, -0.2) is 4.98 Å². The van der Waals surface area contributed by atoms with Crippen molar-refractivity contribution in [3.8, 4) is 0 Å². The maximum atomic E-state index is 12.7. The Morgan fingerprint density at radius 2 is 1.93 bits per heavy atom. The number of aromatic nitrogens is 2. The number of likely N-dealkylation sites (tertiary alicyclic amines) is 1. The van der Waals surface area contributed by atoms with Crippen molar-refractivity contribution in [3.63, 3.8) is 0 Å². The molecule has 6 nitrogen and oxygen atoms in total. The molecule has 1 saturated heterocycles. The summed E-state index contributed by atoms with van der Waals surface area (Å²) >= 11 is 0. The molecular formula is C22H28N4O2. The second kappa shape index (κ2) is 8.69. The number of aliphatic hydroxyl groups is 1. The first kappa shape index (κ1) is 18.9. The molecule has 2 N–H and O–H groups in total. The Morgan fingerprint density at radius 3 is 2.68 bits per heavy atom. The van der Waals surface area contributed by atoms with Gasteiger partial charge in [-0.05, 0) is 43.1 Å². The van der Waals surface area contributed by atoms with Crippen LogP contribution in [0.25, 0.3) is 0 Å². The van der Waals surface area contributed by atoms with Gasteiger partial charge in [0.1, 0.15) is 5.82 Å². The van der Waals surface area contributed by atoms with E-state index in [4.69, 9.17) is 0 Å². The van der Waals surface area contributed by atoms with Gasteiger partial charge in [-0.2, -0.15) is 0 Å². The molecule has 2 fully saturated rings. The number of anilines is 1. The van der Waals surface area contributed by atoms with Gasteiger partial charge in [-0.15, -0.1) is 0 Å². The molecule has 2 aliphatic rings. The minimum absolute atomic E-state index is 0.0360. The molecular weight excluding hydrogens is 352 g/mol. The zero-order chi connectivity index (χ0) is 19.3. The number of aliphatic hydroxyl groups excluding tert-OH is 1. The summed E-state index contributed by atoms with van der Waals surface area (Å²) in [6.07, 6.45) is 8.55. The van der Waals surface area contributed by atoms with Crippen LogP contribution in [0.2, 0.25) is 0 Å². The van der Waals surface area contributed by atoms with E-state index in [1.807, 2.05) is 23.1 Å². The van der Waals surface area contributed by atoms with Gasteiger partial charge >= 0.3 is 0 Å². The molecule has 1 saturated carbocycles. The van der Waals surface area contributed by atoms with Crippen molar-refractivity contribution >= 4 is 11.7 Å². The Bertz CT molecular complexity index is 771. The zero-order valence-electron chi connectivity index (χ0n) is 16.1. The van der Waals surface area contributed by atoms with Crippen LogP contribution in [0, 0.1) is 11.8 Å². The van der Waals surface area contributed by atoms with E-state index >= 15 is 0 Å². The van der Waals surface area contributed by atoms with E-state index in [0.29, 0.717) is 24.1 Å². The average Bonchev–Trinajstić information content (AvgIpc) is 3.13. The lowest BCUT2D eigenvalue weighted by molar-refractivity contribution is -0.130. The topological polar surface area (TPSA) is 78.4 Å². The highest BCUT2D eigenvalue weighted by Crippen LogP contribution is 2.37. The molecule has 4 rings (SSSR count). The summed E-state index contributed by atoms with van der Waals surface area (Å²) in [6, 6.07) is 10.3.